The first kappa shape index (κ1) is 24.3. The molecule has 4 heterocycles. The fraction of sp³-hybridized carbons (Fsp3) is 0.483. The van der Waals surface area contributed by atoms with Crippen LogP contribution >= 0.6 is 0 Å². The van der Waals surface area contributed by atoms with E-state index >= 15 is 0 Å². The minimum absolute atomic E-state index is 0.0754. The molecule has 2 fully saturated rings. The average molecular weight is 488 g/mol. The number of carbonyl (C=O) groups excluding carboxylic acids is 1. The standard InChI is InChI=1S/C29H37N5O2/c1-21-9-11-24(25(17-21)33-13-5-3-6-14-33)28(26-12-10-22(2)36-26)32-27(35)18-23-19-30-29(31-20-23)34-15-7-4-8-16-34/h9-12,17,19-20,28H,3-8,13-16,18H2,1-2H3,(H,32,35). The second kappa shape index (κ2) is 11.1. The van der Waals surface area contributed by atoms with Crippen molar-refractivity contribution in [1.29, 1.82) is 0 Å². The van der Waals surface area contributed by atoms with Crippen LogP contribution in [0.25, 0.3) is 0 Å². The molecule has 2 aliphatic heterocycles. The number of aromatic nitrogens is 2. The molecule has 1 aromatic carbocycles. The summed E-state index contributed by atoms with van der Waals surface area (Å²) in [6.07, 6.45) is 11.1. The van der Waals surface area contributed by atoms with Crippen molar-refractivity contribution in [2.45, 2.75) is 64.8 Å². The van der Waals surface area contributed by atoms with E-state index in [0.717, 1.165) is 54.8 Å². The first-order valence-electron chi connectivity index (χ1n) is 13.3. The molecule has 2 aliphatic rings. The quantitative estimate of drug-likeness (QED) is 0.499. The van der Waals surface area contributed by atoms with Crippen LogP contribution in [0.2, 0.25) is 0 Å². The van der Waals surface area contributed by atoms with Gasteiger partial charge in [-0.1, -0.05) is 12.1 Å². The van der Waals surface area contributed by atoms with E-state index < -0.39 is 0 Å². The van der Waals surface area contributed by atoms with Gasteiger partial charge in [0.05, 0.1) is 6.42 Å². The van der Waals surface area contributed by atoms with Gasteiger partial charge in [0.2, 0.25) is 11.9 Å². The highest BCUT2D eigenvalue weighted by molar-refractivity contribution is 5.79. The summed E-state index contributed by atoms with van der Waals surface area (Å²) in [6, 6.07) is 10.1. The Kier molecular flexibility index (Phi) is 7.54. The van der Waals surface area contributed by atoms with Gasteiger partial charge in [0.25, 0.3) is 0 Å². The monoisotopic (exact) mass is 487 g/mol. The zero-order valence-corrected chi connectivity index (χ0v) is 21.5. The van der Waals surface area contributed by atoms with Gasteiger partial charge in [-0.05, 0) is 81.7 Å². The van der Waals surface area contributed by atoms with Crippen molar-refractivity contribution in [3.05, 3.63) is 70.9 Å². The van der Waals surface area contributed by atoms with E-state index in [0.29, 0.717) is 0 Å². The zero-order chi connectivity index (χ0) is 24.9. The predicted octanol–water partition coefficient (Wildman–Crippen LogP) is 5.12. The van der Waals surface area contributed by atoms with Crippen molar-refractivity contribution >= 4 is 17.5 Å². The molecule has 7 heteroatoms. The van der Waals surface area contributed by atoms with Crippen molar-refractivity contribution in [1.82, 2.24) is 15.3 Å². The summed E-state index contributed by atoms with van der Waals surface area (Å²) in [6.45, 7) is 8.13. The lowest BCUT2D eigenvalue weighted by Gasteiger charge is -2.32. The molecule has 1 unspecified atom stereocenters. The Hall–Kier alpha value is -3.35. The zero-order valence-electron chi connectivity index (χ0n) is 21.5. The van der Waals surface area contributed by atoms with Crippen LogP contribution in [0.1, 0.15) is 72.8 Å². The Balaban J connectivity index is 1.36. The lowest BCUT2D eigenvalue weighted by atomic mass is 9.97. The normalized spacial score (nSPS) is 17.2. The number of aryl methyl sites for hydroxylation is 2. The molecule has 2 aromatic heterocycles. The lowest BCUT2D eigenvalue weighted by Crippen LogP contribution is -2.34. The summed E-state index contributed by atoms with van der Waals surface area (Å²) < 4.78 is 6.04. The minimum Gasteiger partial charge on any atom is -0.464 e. The van der Waals surface area contributed by atoms with Crippen molar-refractivity contribution in [3.8, 4) is 0 Å². The van der Waals surface area contributed by atoms with Crippen LogP contribution in [-0.4, -0.2) is 42.1 Å². The molecule has 0 bridgehead atoms. The highest BCUT2D eigenvalue weighted by Gasteiger charge is 2.26. The molecule has 36 heavy (non-hydrogen) atoms. The maximum Gasteiger partial charge on any atom is 0.225 e. The molecule has 3 aromatic rings. The highest BCUT2D eigenvalue weighted by atomic mass is 16.3. The van der Waals surface area contributed by atoms with E-state index in [-0.39, 0.29) is 18.4 Å². The number of carbonyl (C=O) groups is 1. The van der Waals surface area contributed by atoms with E-state index in [1.807, 2.05) is 19.1 Å². The van der Waals surface area contributed by atoms with Gasteiger partial charge in [-0.25, -0.2) is 9.97 Å². The maximum atomic E-state index is 13.3. The minimum atomic E-state index is -0.364. The molecule has 5 rings (SSSR count). The van der Waals surface area contributed by atoms with Crippen LogP contribution in [0.5, 0.6) is 0 Å². The van der Waals surface area contributed by atoms with Crippen molar-refractivity contribution < 1.29 is 9.21 Å². The van der Waals surface area contributed by atoms with Gasteiger partial charge in [-0.2, -0.15) is 0 Å². The number of nitrogens with zero attached hydrogens (tertiary/aromatic N) is 4. The van der Waals surface area contributed by atoms with Crippen LogP contribution in [0.4, 0.5) is 11.6 Å². The second-order valence-electron chi connectivity index (χ2n) is 10.2. The third kappa shape index (κ3) is 5.72. The molecule has 190 valence electrons. The van der Waals surface area contributed by atoms with Crippen LogP contribution in [0.15, 0.2) is 47.1 Å². The molecule has 1 N–H and O–H groups in total. The summed E-state index contributed by atoms with van der Waals surface area (Å²) in [7, 11) is 0. The number of nitrogens with one attached hydrogen (secondary N) is 1. The lowest BCUT2D eigenvalue weighted by molar-refractivity contribution is -0.121. The van der Waals surface area contributed by atoms with Crippen LogP contribution in [0, 0.1) is 13.8 Å². The van der Waals surface area contributed by atoms with E-state index in [4.69, 9.17) is 4.42 Å². The SMILES string of the molecule is Cc1ccc(C(NC(=O)Cc2cnc(N3CCCCC3)nc2)c2ccc(C)o2)c(N2CCCCC2)c1. The van der Waals surface area contributed by atoms with Gasteiger partial charge in [0, 0.05) is 49.8 Å². The fourth-order valence-corrected chi connectivity index (χ4v) is 5.31. The van der Waals surface area contributed by atoms with Crippen molar-refractivity contribution in [2.24, 2.45) is 0 Å². The van der Waals surface area contributed by atoms with Gasteiger partial charge < -0.3 is 19.5 Å². The second-order valence-corrected chi connectivity index (χ2v) is 10.2. The number of amides is 1. The maximum absolute atomic E-state index is 13.3. The first-order chi connectivity index (χ1) is 17.6. The molecular weight excluding hydrogens is 450 g/mol. The smallest absolute Gasteiger partial charge is 0.225 e. The van der Waals surface area contributed by atoms with Crippen molar-refractivity contribution in [3.63, 3.8) is 0 Å². The third-order valence-corrected chi connectivity index (χ3v) is 7.24. The summed E-state index contributed by atoms with van der Waals surface area (Å²) in [5.74, 6) is 2.26. The molecular formula is C29H37N5O2. The van der Waals surface area contributed by atoms with E-state index in [1.54, 1.807) is 12.4 Å². The molecule has 0 spiro atoms. The van der Waals surface area contributed by atoms with Crippen LogP contribution in [0.3, 0.4) is 0 Å². The average Bonchev–Trinajstić information content (AvgIpc) is 3.35. The largest absolute Gasteiger partial charge is 0.464 e. The Bertz CT molecular complexity index is 1160. The predicted molar refractivity (Wildman–Crippen MR) is 142 cm³/mol. The van der Waals surface area contributed by atoms with Crippen molar-refractivity contribution in [2.75, 3.05) is 36.0 Å². The Morgan fingerprint density at radius 3 is 2.22 bits per heavy atom. The van der Waals surface area contributed by atoms with Gasteiger partial charge in [0.1, 0.15) is 17.6 Å². The van der Waals surface area contributed by atoms with Gasteiger partial charge in [-0.3, -0.25) is 4.79 Å². The first-order valence-corrected chi connectivity index (χ1v) is 13.3. The molecule has 2 saturated heterocycles. The van der Waals surface area contributed by atoms with Gasteiger partial charge in [-0.15, -0.1) is 0 Å². The number of rotatable bonds is 7. The number of furan rings is 1. The third-order valence-electron chi connectivity index (χ3n) is 7.24. The Labute approximate surface area is 213 Å². The Morgan fingerprint density at radius 2 is 1.58 bits per heavy atom. The topological polar surface area (TPSA) is 74.5 Å². The van der Waals surface area contributed by atoms with Crippen LogP contribution in [-0.2, 0) is 11.2 Å². The van der Waals surface area contributed by atoms with Gasteiger partial charge in [0.15, 0.2) is 0 Å². The highest BCUT2D eigenvalue weighted by Crippen LogP contribution is 2.34. The molecule has 0 saturated carbocycles. The number of hydrogen-bond donors (Lipinski definition) is 1. The molecule has 1 amide bonds. The number of benzene rings is 1. The molecule has 0 aliphatic carbocycles. The number of anilines is 2. The summed E-state index contributed by atoms with van der Waals surface area (Å²) >= 11 is 0. The molecule has 7 nitrogen and oxygen atoms in total. The van der Waals surface area contributed by atoms with Crippen LogP contribution < -0.4 is 15.1 Å². The molecule has 0 radical (unpaired) electrons. The van der Waals surface area contributed by atoms with Gasteiger partial charge >= 0.3 is 0 Å². The summed E-state index contributed by atoms with van der Waals surface area (Å²) in [5, 5.41) is 3.26. The van der Waals surface area contributed by atoms with E-state index in [9.17, 15) is 4.79 Å². The summed E-state index contributed by atoms with van der Waals surface area (Å²) in [5.41, 5.74) is 4.28. The number of piperidine rings is 2. The number of hydrogen-bond acceptors (Lipinski definition) is 6. The Morgan fingerprint density at radius 1 is 0.917 bits per heavy atom. The summed E-state index contributed by atoms with van der Waals surface area (Å²) in [4.78, 5) is 27.1. The van der Waals surface area contributed by atoms with E-state index in [1.165, 1.54) is 49.8 Å². The molecule has 1 atom stereocenters. The van der Waals surface area contributed by atoms with E-state index in [2.05, 4.69) is 50.2 Å². The fourth-order valence-electron chi connectivity index (χ4n) is 5.31.